The average molecular weight is 345 g/mol. The van der Waals surface area contributed by atoms with Crippen LogP contribution in [-0.2, 0) is 0 Å². The van der Waals surface area contributed by atoms with Gasteiger partial charge < -0.3 is 15.7 Å². The van der Waals surface area contributed by atoms with Crippen LogP contribution in [0.15, 0.2) is 16.6 Å². The highest BCUT2D eigenvalue weighted by Crippen LogP contribution is 2.26. The normalized spacial score (nSPS) is 19.8. The molecule has 1 unspecified atom stereocenters. The lowest BCUT2D eigenvalue weighted by Crippen LogP contribution is -2.42. The summed E-state index contributed by atoms with van der Waals surface area (Å²) >= 11 is 3.20. The van der Waals surface area contributed by atoms with E-state index in [1.807, 2.05) is 0 Å². The summed E-state index contributed by atoms with van der Waals surface area (Å²) in [5.41, 5.74) is 5.83. The van der Waals surface area contributed by atoms with Crippen LogP contribution in [0.5, 0.6) is 0 Å². The van der Waals surface area contributed by atoms with Gasteiger partial charge in [0.1, 0.15) is 5.82 Å². The monoisotopic (exact) mass is 344 g/mol. The molecule has 4 nitrogen and oxygen atoms in total. The largest absolute Gasteiger partial charge is 0.396 e. The minimum Gasteiger partial charge on any atom is -0.396 e. The van der Waals surface area contributed by atoms with Gasteiger partial charge in [0, 0.05) is 11.0 Å². The molecule has 0 aliphatic carbocycles. The summed E-state index contributed by atoms with van der Waals surface area (Å²) in [6, 6.07) is 2.37. The summed E-state index contributed by atoms with van der Waals surface area (Å²) < 4.78 is 13.7. The van der Waals surface area contributed by atoms with Crippen LogP contribution in [0.2, 0.25) is 0 Å². The first-order valence-electron chi connectivity index (χ1n) is 6.71. The van der Waals surface area contributed by atoms with E-state index >= 15 is 0 Å². The van der Waals surface area contributed by atoms with Crippen molar-refractivity contribution >= 4 is 27.5 Å². The Morgan fingerprint density at radius 2 is 2.20 bits per heavy atom. The molecule has 1 saturated heterocycles. The number of rotatable bonds is 2. The van der Waals surface area contributed by atoms with Crippen molar-refractivity contribution in [3.05, 3.63) is 28.0 Å². The number of amides is 1. The van der Waals surface area contributed by atoms with Gasteiger partial charge >= 0.3 is 0 Å². The quantitative estimate of drug-likeness (QED) is 0.810. The summed E-state index contributed by atoms with van der Waals surface area (Å²) in [5.74, 6) is -0.771. The predicted molar refractivity (Wildman–Crippen MR) is 78.9 cm³/mol. The lowest BCUT2D eigenvalue weighted by atomic mass is 10.1. The zero-order chi connectivity index (χ0) is 14.7. The van der Waals surface area contributed by atoms with Gasteiger partial charge in [0.2, 0.25) is 0 Å². The van der Waals surface area contributed by atoms with Gasteiger partial charge in [-0.15, -0.1) is 0 Å². The average Bonchev–Trinajstić information content (AvgIpc) is 2.67. The molecule has 1 heterocycles. The number of halogens is 2. The molecule has 6 heteroatoms. The summed E-state index contributed by atoms with van der Waals surface area (Å²) in [5, 5.41) is 9.46. The fraction of sp³-hybridized carbons (Fsp3) is 0.500. The summed E-state index contributed by atoms with van der Waals surface area (Å²) in [6.07, 6.45) is 3.75. The summed E-state index contributed by atoms with van der Waals surface area (Å²) in [7, 11) is 0. The Hall–Kier alpha value is -1.14. The Labute approximate surface area is 125 Å². The van der Waals surface area contributed by atoms with E-state index in [9.17, 15) is 14.3 Å². The number of nitrogen functional groups attached to an aromatic ring is 1. The van der Waals surface area contributed by atoms with E-state index in [1.54, 1.807) is 4.90 Å². The Kier molecular flexibility index (Phi) is 4.99. The summed E-state index contributed by atoms with van der Waals surface area (Å²) in [4.78, 5) is 14.3. The van der Waals surface area contributed by atoms with Crippen LogP contribution in [0, 0.1) is 5.82 Å². The van der Waals surface area contributed by atoms with Crippen molar-refractivity contribution in [3.8, 4) is 0 Å². The van der Waals surface area contributed by atoms with Gasteiger partial charge in [-0.3, -0.25) is 4.79 Å². The zero-order valence-corrected chi connectivity index (χ0v) is 12.7. The van der Waals surface area contributed by atoms with Gasteiger partial charge in [0.15, 0.2) is 0 Å². The molecule has 20 heavy (non-hydrogen) atoms. The van der Waals surface area contributed by atoms with Crippen molar-refractivity contribution in [2.24, 2.45) is 0 Å². The lowest BCUT2D eigenvalue weighted by Gasteiger charge is -2.29. The van der Waals surface area contributed by atoms with Crippen LogP contribution in [0.1, 0.15) is 36.0 Å². The van der Waals surface area contributed by atoms with Crippen molar-refractivity contribution in [1.29, 1.82) is 0 Å². The Morgan fingerprint density at radius 3 is 2.90 bits per heavy atom. The predicted octanol–water partition coefficient (Wildman–Crippen LogP) is 2.55. The van der Waals surface area contributed by atoms with E-state index in [0.29, 0.717) is 16.6 Å². The number of carbonyl (C=O) groups is 1. The number of aliphatic hydroxyl groups excluding tert-OH is 1. The van der Waals surface area contributed by atoms with Crippen LogP contribution < -0.4 is 5.73 Å². The molecule has 3 N–H and O–H groups in total. The number of carbonyl (C=O) groups excluding carboxylic acids is 1. The third-order valence-corrected chi connectivity index (χ3v) is 4.32. The Bertz CT molecular complexity index is 510. The summed E-state index contributed by atoms with van der Waals surface area (Å²) in [6.45, 7) is 0.549. The molecule has 1 aliphatic rings. The molecule has 0 aromatic heterocycles. The number of hydrogen-bond donors (Lipinski definition) is 2. The van der Waals surface area contributed by atoms with Crippen molar-refractivity contribution < 1.29 is 14.3 Å². The maximum atomic E-state index is 13.4. The van der Waals surface area contributed by atoms with Crippen LogP contribution in [0.4, 0.5) is 10.1 Å². The number of aliphatic hydroxyl groups is 1. The van der Waals surface area contributed by atoms with Gasteiger partial charge in [-0.05, 0) is 40.9 Å². The van der Waals surface area contributed by atoms with Crippen LogP contribution in [-0.4, -0.2) is 35.1 Å². The lowest BCUT2D eigenvalue weighted by molar-refractivity contribution is 0.0599. The number of likely N-dealkylation sites (tertiary alicyclic amines) is 1. The van der Waals surface area contributed by atoms with E-state index in [-0.39, 0.29) is 24.2 Å². The maximum absolute atomic E-state index is 13.4. The molecule has 1 aromatic carbocycles. The molecule has 2 rings (SSSR count). The highest BCUT2D eigenvalue weighted by Gasteiger charge is 2.27. The second-order valence-electron chi connectivity index (χ2n) is 5.04. The standard InChI is InChI=1S/C14H18BrFN2O2/c15-11-7-12(16)13(17)6-10(11)14(20)18-5-3-1-2-4-9(18)8-19/h6-7,9,19H,1-5,8,17H2. The second-order valence-corrected chi connectivity index (χ2v) is 5.89. The van der Waals surface area contributed by atoms with Crippen molar-refractivity contribution in [2.75, 3.05) is 18.9 Å². The third kappa shape index (κ3) is 3.12. The van der Waals surface area contributed by atoms with Gasteiger partial charge in [-0.25, -0.2) is 4.39 Å². The molecule has 1 amide bonds. The second kappa shape index (κ2) is 6.54. The van der Waals surface area contributed by atoms with Crippen LogP contribution in [0.25, 0.3) is 0 Å². The van der Waals surface area contributed by atoms with Gasteiger partial charge in [0.05, 0.1) is 23.9 Å². The number of nitrogens with two attached hydrogens (primary N) is 1. The van der Waals surface area contributed by atoms with E-state index in [1.165, 1.54) is 12.1 Å². The molecule has 1 fully saturated rings. The molecular formula is C14H18BrFN2O2. The molecule has 0 radical (unpaired) electrons. The van der Waals surface area contributed by atoms with Crippen molar-refractivity contribution in [3.63, 3.8) is 0 Å². The van der Waals surface area contributed by atoms with E-state index in [0.717, 1.165) is 25.7 Å². The number of nitrogens with zero attached hydrogens (tertiary/aromatic N) is 1. The van der Waals surface area contributed by atoms with E-state index in [2.05, 4.69) is 15.9 Å². The molecule has 0 spiro atoms. The molecule has 1 atom stereocenters. The van der Waals surface area contributed by atoms with Gasteiger partial charge in [-0.1, -0.05) is 12.8 Å². The van der Waals surface area contributed by atoms with Gasteiger partial charge in [-0.2, -0.15) is 0 Å². The first-order chi connectivity index (χ1) is 9.54. The first kappa shape index (κ1) is 15.3. The van der Waals surface area contributed by atoms with Crippen molar-refractivity contribution in [2.45, 2.75) is 31.7 Å². The molecule has 0 bridgehead atoms. The highest BCUT2D eigenvalue weighted by atomic mass is 79.9. The molecular weight excluding hydrogens is 327 g/mol. The maximum Gasteiger partial charge on any atom is 0.255 e. The van der Waals surface area contributed by atoms with Crippen molar-refractivity contribution in [1.82, 2.24) is 4.90 Å². The minimum absolute atomic E-state index is 0.0491. The highest BCUT2D eigenvalue weighted by molar-refractivity contribution is 9.10. The van der Waals surface area contributed by atoms with Gasteiger partial charge in [0.25, 0.3) is 5.91 Å². The Balaban J connectivity index is 2.31. The minimum atomic E-state index is -0.553. The fourth-order valence-corrected chi connectivity index (χ4v) is 3.00. The molecule has 0 saturated carbocycles. The molecule has 1 aliphatic heterocycles. The molecule has 1 aromatic rings. The van der Waals surface area contributed by atoms with Crippen LogP contribution in [0.3, 0.4) is 0 Å². The third-order valence-electron chi connectivity index (χ3n) is 3.67. The first-order valence-corrected chi connectivity index (χ1v) is 7.50. The number of benzene rings is 1. The fourth-order valence-electron chi connectivity index (χ4n) is 2.52. The van der Waals surface area contributed by atoms with E-state index < -0.39 is 5.82 Å². The number of anilines is 1. The smallest absolute Gasteiger partial charge is 0.255 e. The topological polar surface area (TPSA) is 66.6 Å². The van der Waals surface area contributed by atoms with Crippen LogP contribution >= 0.6 is 15.9 Å². The van der Waals surface area contributed by atoms with E-state index in [4.69, 9.17) is 5.73 Å². The number of hydrogen-bond acceptors (Lipinski definition) is 3. The zero-order valence-electron chi connectivity index (χ0n) is 11.1. The SMILES string of the molecule is Nc1cc(C(=O)N2CCCCCC2CO)c(Br)cc1F. The molecule has 110 valence electrons. The Morgan fingerprint density at radius 1 is 1.45 bits per heavy atom.